The van der Waals surface area contributed by atoms with E-state index in [1.165, 1.54) is 6.26 Å². The molecule has 3 N–H and O–H groups in total. The van der Waals surface area contributed by atoms with Crippen LogP contribution in [0.2, 0.25) is 0 Å². The maximum Gasteiger partial charge on any atom is 0.175 e. The third kappa shape index (κ3) is 3.17. The predicted molar refractivity (Wildman–Crippen MR) is 73.0 cm³/mol. The summed E-state index contributed by atoms with van der Waals surface area (Å²) in [5.41, 5.74) is 4.33. The van der Waals surface area contributed by atoms with E-state index >= 15 is 0 Å². The van der Waals surface area contributed by atoms with Gasteiger partial charge in [0.2, 0.25) is 0 Å². The Hall–Kier alpha value is -1.76. The molecule has 0 fully saturated rings. The molecular formula is C13H15N3O2S. The summed E-state index contributed by atoms with van der Waals surface area (Å²) in [5, 5.41) is 0. The molecule has 6 heteroatoms. The molecule has 1 aromatic heterocycles. The number of nitrogens with zero attached hydrogens (tertiary/aromatic N) is 1. The summed E-state index contributed by atoms with van der Waals surface area (Å²) in [6.45, 7) is 0. The molecule has 0 saturated heterocycles. The number of hydrazine groups is 1. The largest absolute Gasteiger partial charge is 0.271 e. The van der Waals surface area contributed by atoms with Crippen molar-refractivity contribution in [2.24, 2.45) is 5.84 Å². The van der Waals surface area contributed by atoms with Gasteiger partial charge >= 0.3 is 0 Å². The number of sulfone groups is 1. The van der Waals surface area contributed by atoms with Gasteiger partial charge in [0, 0.05) is 18.6 Å². The van der Waals surface area contributed by atoms with E-state index in [0.29, 0.717) is 0 Å². The number of benzene rings is 1. The minimum absolute atomic E-state index is 0.272. The first-order valence-corrected chi connectivity index (χ1v) is 7.57. The molecule has 0 bridgehead atoms. The fraction of sp³-hybridized carbons (Fsp3) is 0.154. The number of aromatic nitrogens is 1. The molecule has 1 aromatic carbocycles. The molecule has 1 unspecified atom stereocenters. The van der Waals surface area contributed by atoms with Gasteiger partial charge in [0.05, 0.1) is 10.9 Å². The van der Waals surface area contributed by atoms with Crippen LogP contribution < -0.4 is 11.3 Å². The highest BCUT2D eigenvalue weighted by molar-refractivity contribution is 7.90. The number of hydrogen-bond donors (Lipinski definition) is 2. The molecule has 0 radical (unpaired) electrons. The van der Waals surface area contributed by atoms with Crippen molar-refractivity contribution in [2.45, 2.75) is 10.9 Å². The van der Waals surface area contributed by atoms with Crippen LogP contribution in [0.15, 0.2) is 53.7 Å². The Morgan fingerprint density at radius 2 is 1.95 bits per heavy atom. The smallest absolute Gasteiger partial charge is 0.175 e. The van der Waals surface area contributed by atoms with Crippen LogP contribution in [0.3, 0.4) is 0 Å². The van der Waals surface area contributed by atoms with Crippen molar-refractivity contribution in [3.63, 3.8) is 0 Å². The Kier molecular flexibility index (Phi) is 3.94. The highest BCUT2D eigenvalue weighted by Gasteiger charge is 2.15. The third-order valence-electron chi connectivity index (χ3n) is 2.80. The van der Waals surface area contributed by atoms with Gasteiger partial charge in [-0.2, -0.15) is 0 Å². The van der Waals surface area contributed by atoms with E-state index in [4.69, 9.17) is 5.84 Å². The van der Waals surface area contributed by atoms with Gasteiger partial charge in [-0.3, -0.25) is 10.8 Å². The maximum absolute atomic E-state index is 11.6. The first-order chi connectivity index (χ1) is 9.02. The molecule has 19 heavy (non-hydrogen) atoms. The molecule has 0 saturated carbocycles. The van der Waals surface area contributed by atoms with Gasteiger partial charge in [-0.15, -0.1) is 0 Å². The number of rotatable bonds is 4. The summed E-state index contributed by atoms with van der Waals surface area (Å²) >= 11 is 0. The molecule has 0 amide bonds. The third-order valence-corrected chi connectivity index (χ3v) is 3.91. The van der Waals surface area contributed by atoms with Crippen LogP contribution in [0.4, 0.5) is 0 Å². The standard InChI is InChI=1S/C13H15N3O2S/c1-19(17,18)12-6-2-4-10(8-12)13(16-14)11-5-3-7-15-9-11/h2-9,13,16H,14H2,1H3. The van der Waals surface area contributed by atoms with Crippen LogP contribution >= 0.6 is 0 Å². The second kappa shape index (κ2) is 5.48. The van der Waals surface area contributed by atoms with Crippen LogP contribution in [0.5, 0.6) is 0 Å². The van der Waals surface area contributed by atoms with E-state index in [0.717, 1.165) is 11.1 Å². The Labute approximate surface area is 112 Å². The summed E-state index contributed by atoms with van der Waals surface area (Å²) in [6, 6.07) is 10.1. The molecule has 0 spiro atoms. The fourth-order valence-electron chi connectivity index (χ4n) is 1.86. The van der Waals surface area contributed by atoms with Gasteiger partial charge < -0.3 is 0 Å². The molecule has 1 atom stereocenters. The van der Waals surface area contributed by atoms with Crippen LogP contribution in [0.25, 0.3) is 0 Å². The number of pyridine rings is 1. The molecule has 1 heterocycles. The van der Waals surface area contributed by atoms with Gasteiger partial charge in [0.15, 0.2) is 9.84 Å². The van der Waals surface area contributed by atoms with Gasteiger partial charge in [0.1, 0.15) is 0 Å². The second-order valence-corrected chi connectivity index (χ2v) is 6.25. The predicted octanol–water partition coefficient (Wildman–Crippen LogP) is 1.04. The second-order valence-electron chi connectivity index (χ2n) is 4.23. The van der Waals surface area contributed by atoms with Gasteiger partial charge in [0.25, 0.3) is 0 Å². The zero-order valence-electron chi connectivity index (χ0n) is 10.4. The monoisotopic (exact) mass is 277 g/mol. The summed E-state index contributed by atoms with van der Waals surface area (Å²) in [7, 11) is -3.23. The van der Waals surface area contributed by atoms with E-state index in [2.05, 4.69) is 10.4 Å². The minimum Gasteiger partial charge on any atom is -0.271 e. The van der Waals surface area contributed by atoms with Crippen molar-refractivity contribution in [2.75, 3.05) is 6.26 Å². The topological polar surface area (TPSA) is 85.1 Å². The summed E-state index contributed by atoms with van der Waals surface area (Å²) in [4.78, 5) is 4.31. The van der Waals surface area contributed by atoms with E-state index < -0.39 is 9.84 Å². The van der Waals surface area contributed by atoms with Crippen LogP contribution in [0, 0.1) is 0 Å². The van der Waals surface area contributed by atoms with Crippen molar-refractivity contribution < 1.29 is 8.42 Å². The van der Waals surface area contributed by atoms with Crippen molar-refractivity contribution >= 4 is 9.84 Å². The van der Waals surface area contributed by atoms with Gasteiger partial charge in [-0.1, -0.05) is 18.2 Å². The Bertz CT molecular complexity index is 657. The highest BCUT2D eigenvalue weighted by atomic mass is 32.2. The molecule has 5 nitrogen and oxygen atoms in total. The number of hydrogen-bond acceptors (Lipinski definition) is 5. The molecule has 0 aliphatic carbocycles. The zero-order valence-corrected chi connectivity index (χ0v) is 11.3. The summed E-state index contributed by atoms with van der Waals surface area (Å²) in [6.07, 6.45) is 4.54. The Morgan fingerprint density at radius 1 is 1.21 bits per heavy atom. The van der Waals surface area contributed by atoms with E-state index in [1.54, 1.807) is 36.7 Å². The maximum atomic E-state index is 11.6. The van der Waals surface area contributed by atoms with Crippen molar-refractivity contribution in [1.82, 2.24) is 10.4 Å². The van der Waals surface area contributed by atoms with E-state index in [-0.39, 0.29) is 10.9 Å². The average molecular weight is 277 g/mol. The van der Waals surface area contributed by atoms with Crippen LogP contribution in [0.1, 0.15) is 17.2 Å². The Morgan fingerprint density at radius 3 is 2.53 bits per heavy atom. The summed E-state index contributed by atoms with van der Waals surface area (Å²) < 4.78 is 23.1. The molecule has 100 valence electrons. The first kappa shape index (κ1) is 13.7. The van der Waals surface area contributed by atoms with Crippen LogP contribution in [-0.4, -0.2) is 19.7 Å². The Balaban J connectivity index is 2.45. The average Bonchev–Trinajstić information content (AvgIpc) is 2.40. The molecule has 2 aromatic rings. The van der Waals surface area contributed by atoms with Crippen molar-refractivity contribution in [3.05, 3.63) is 59.9 Å². The SMILES string of the molecule is CS(=O)(=O)c1cccc(C(NN)c2cccnc2)c1. The van der Waals surface area contributed by atoms with Crippen molar-refractivity contribution in [3.8, 4) is 0 Å². The van der Waals surface area contributed by atoms with E-state index in [9.17, 15) is 8.42 Å². The lowest BCUT2D eigenvalue weighted by atomic mass is 10.0. The van der Waals surface area contributed by atoms with Gasteiger partial charge in [-0.05, 0) is 29.3 Å². The lowest BCUT2D eigenvalue weighted by Crippen LogP contribution is -2.29. The number of nitrogens with two attached hydrogens (primary N) is 1. The van der Waals surface area contributed by atoms with Crippen LogP contribution in [-0.2, 0) is 9.84 Å². The minimum atomic E-state index is -3.23. The number of nitrogens with one attached hydrogen (secondary N) is 1. The van der Waals surface area contributed by atoms with Crippen molar-refractivity contribution in [1.29, 1.82) is 0 Å². The molecule has 0 aliphatic heterocycles. The lowest BCUT2D eigenvalue weighted by Gasteiger charge is -2.17. The van der Waals surface area contributed by atoms with Gasteiger partial charge in [-0.25, -0.2) is 13.8 Å². The zero-order chi connectivity index (χ0) is 13.9. The lowest BCUT2D eigenvalue weighted by molar-refractivity contribution is 0.600. The highest BCUT2D eigenvalue weighted by Crippen LogP contribution is 2.22. The quantitative estimate of drug-likeness (QED) is 0.644. The fourth-order valence-corrected chi connectivity index (χ4v) is 2.53. The molecule has 0 aliphatic rings. The molecule has 2 rings (SSSR count). The summed E-state index contributed by atoms with van der Waals surface area (Å²) in [5.74, 6) is 5.57. The first-order valence-electron chi connectivity index (χ1n) is 5.68. The normalized spacial score (nSPS) is 13.2. The molecular weight excluding hydrogens is 262 g/mol. The van der Waals surface area contributed by atoms with E-state index in [1.807, 2.05) is 12.1 Å².